The van der Waals surface area contributed by atoms with Gasteiger partial charge in [-0.15, -0.1) is 0 Å². The maximum atomic E-state index is 12.5. The highest BCUT2D eigenvalue weighted by atomic mass is 16.5. The summed E-state index contributed by atoms with van der Waals surface area (Å²) >= 11 is 0. The van der Waals surface area contributed by atoms with Crippen LogP contribution in [0.15, 0.2) is 24.3 Å². The van der Waals surface area contributed by atoms with E-state index in [1.807, 2.05) is 23.1 Å². The summed E-state index contributed by atoms with van der Waals surface area (Å²) in [7, 11) is 0. The van der Waals surface area contributed by atoms with Crippen LogP contribution in [0.3, 0.4) is 0 Å². The summed E-state index contributed by atoms with van der Waals surface area (Å²) in [5, 5.41) is 3.57. The third-order valence-corrected chi connectivity index (χ3v) is 4.87. The topological polar surface area (TPSA) is 41.6 Å². The van der Waals surface area contributed by atoms with Crippen molar-refractivity contribution in [1.29, 1.82) is 0 Å². The molecule has 0 spiro atoms. The van der Waals surface area contributed by atoms with Crippen molar-refractivity contribution in [2.75, 3.05) is 31.6 Å². The minimum atomic E-state index is 0.167. The van der Waals surface area contributed by atoms with Gasteiger partial charge in [0.25, 0.3) is 5.91 Å². The zero-order valence-corrected chi connectivity index (χ0v) is 13.4. The first-order valence-electron chi connectivity index (χ1n) is 8.47. The lowest BCUT2D eigenvalue weighted by molar-refractivity contribution is 0.0622. The number of anilines is 1. The highest BCUT2D eigenvalue weighted by molar-refractivity contribution is 5.95. The van der Waals surface area contributed by atoms with Crippen LogP contribution in [0.25, 0.3) is 0 Å². The van der Waals surface area contributed by atoms with Crippen molar-refractivity contribution >= 4 is 11.6 Å². The van der Waals surface area contributed by atoms with E-state index in [1.54, 1.807) is 0 Å². The minimum absolute atomic E-state index is 0.167. The van der Waals surface area contributed by atoms with Crippen molar-refractivity contribution in [3.63, 3.8) is 0 Å². The van der Waals surface area contributed by atoms with Crippen LogP contribution in [0.2, 0.25) is 0 Å². The second-order valence-electron chi connectivity index (χ2n) is 6.46. The molecule has 0 aliphatic carbocycles. The largest absolute Gasteiger partial charge is 0.382 e. The van der Waals surface area contributed by atoms with E-state index in [1.165, 1.54) is 0 Å². The van der Waals surface area contributed by atoms with Gasteiger partial charge in [-0.3, -0.25) is 4.79 Å². The van der Waals surface area contributed by atoms with E-state index < -0.39 is 0 Å². The summed E-state index contributed by atoms with van der Waals surface area (Å²) in [5.41, 5.74) is 1.84. The first kappa shape index (κ1) is 15.3. The highest BCUT2D eigenvalue weighted by Crippen LogP contribution is 2.23. The molecule has 1 amide bonds. The summed E-state index contributed by atoms with van der Waals surface area (Å²) in [6.07, 6.45) is 4.48. The van der Waals surface area contributed by atoms with E-state index in [4.69, 9.17) is 4.74 Å². The van der Waals surface area contributed by atoms with Crippen LogP contribution in [-0.4, -0.2) is 43.2 Å². The lowest BCUT2D eigenvalue weighted by Gasteiger charge is -2.29. The fraction of sp³-hybridized carbons (Fsp3) is 0.611. The molecule has 2 heterocycles. The quantitative estimate of drug-likeness (QED) is 0.929. The highest BCUT2D eigenvalue weighted by Gasteiger charge is 2.22. The van der Waals surface area contributed by atoms with Crippen molar-refractivity contribution in [1.82, 2.24) is 4.90 Å². The summed E-state index contributed by atoms with van der Waals surface area (Å²) < 4.78 is 5.43. The smallest absolute Gasteiger partial charge is 0.253 e. The molecule has 0 unspecified atom stereocenters. The van der Waals surface area contributed by atoms with Gasteiger partial charge in [0.1, 0.15) is 0 Å². The Morgan fingerprint density at radius 3 is 2.73 bits per heavy atom. The molecule has 0 saturated carbocycles. The summed E-state index contributed by atoms with van der Waals surface area (Å²) in [4.78, 5) is 14.4. The molecule has 1 atom stereocenters. The molecule has 1 N–H and O–H groups in total. The van der Waals surface area contributed by atoms with Crippen molar-refractivity contribution in [3.8, 4) is 0 Å². The van der Waals surface area contributed by atoms with Crippen molar-refractivity contribution < 1.29 is 9.53 Å². The van der Waals surface area contributed by atoms with Crippen LogP contribution in [0.1, 0.15) is 43.0 Å². The lowest BCUT2D eigenvalue weighted by Crippen LogP contribution is -2.31. The average Bonchev–Trinajstić information content (AvgIpc) is 3.09. The van der Waals surface area contributed by atoms with Gasteiger partial charge >= 0.3 is 0 Å². The van der Waals surface area contributed by atoms with E-state index in [2.05, 4.69) is 18.3 Å². The van der Waals surface area contributed by atoms with Gasteiger partial charge < -0.3 is 15.0 Å². The molecular formula is C18H26N2O2. The Labute approximate surface area is 132 Å². The number of nitrogens with one attached hydrogen (secondary N) is 1. The first-order chi connectivity index (χ1) is 10.7. The second-order valence-corrected chi connectivity index (χ2v) is 6.46. The molecule has 22 heavy (non-hydrogen) atoms. The minimum Gasteiger partial charge on any atom is -0.382 e. The number of rotatable bonds is 4. The Hall–Kier alpha value is -1.55. The van der Waals surface area contributed by atoms with E-state index in [0.717, 1.165) is 63.2 Å². The van der Waals surface area contributed by atoms with Crippen molar-refractivity contribution in [2.45, 2.75) is 38.6 Å². The zero-order valence-electron chi connectivity index (χ0n) is 13.4. The number of nitrogens with zero attached hydrogens (tertiary/aromatic N) is 1. The fourth-order valence-corrected chi connectivity index (χ4v) is 3.44. The molecule has 2 saturated heterocycles. The van der Waals surface area contributed by atoms with E-state index in [-0.39, 0.29) is 5.91 Å². The second kappa shape index (κ2) is 7.14. The molecule has 4 heteroatoms. The number of ether oxygens (including phenoxy) is 1. The van der Waals surface area contributed by atoms with Gasteiger partial charge in [-0.2, -0.15) is 0 Å². The zero-order chi connectivity index (χ0) is 15.4. The molecule has 3 rings (SSSR count). The molecular weight excluding hydrogens is 276 g/mol. The number of amides is 1. The third-order valence-electron chi connectivity index (χ3n) is 4.87. The molecule has 1 aromatic carbocycles. The Balaban J connectivity index is 1.64. The monoisotopic (exact) mass is 302 g/mol. The summed E-state index contributed by atoms with van der Waals surface area (Å²) in [5.74, 6) is 0.812. The van der Waals surface area contributed by atoms with Crippen LogP contribution in [-0.2, 0) is 4.74 Å². The van der Waals surface area contributed by atoms with Gasteiger partial charge in [0.15, 0.2) is 0 Å². The molecule has 120 valence electrons. The van der Waals surface area contributed by atoms with Gasteiger partial charge in [0.2, 0.25) is 0 Å². The molecule has 0 aromatic heterocycles. The van der Waals surface area contributed by atoms with Gasteiger partial charge in [0, 0.05) is 43.6 Å². The van der Waals surface area contributed by atoms with E-state index in [9.17, 15) is 4.79 Å². The Kier molecular flexibility index (Phi) is 4.98. The molecule has 4 nitrogen and oxygen atoms in total. The molecule has 2 aliphatic rings. The van der Waals surface area contributed by atoms with E-state index in [0.29, 0.717) is 12.0 Å². The van der Waals surface area contributed by atoms with E-state index >= 15 is 0 Å². The number of carbonyl (C=O) groups is 1. The molecule has 2 fully saturated rings. The molecule has 0 bridgehead atoms. The van der Waals surface area contributed by atoms with Crippen molar-refractivity contribution in [2.24, 2.45) is 5.92 Å². The Bertz CT molecular complexity index is 506. The van der Waals surface area contributed by atoms with Gasteiger partial charge in [-0.1, -0.05) is 6.07 Å². The predicted octanol–water partition coefficient (Wildman–Crippen LogP) is 3.15. The number of hydrogen-bond donors (Lipinski definition) is 1. The molecule has 2 aliphatic heterocycles. The van der Waals surface area contributed by atoms with Crippen molar-refractivity contribution in [3.05, 3.63) is 29.8 Å². The number of benzene rings is 1. The molecule has 1 aromatic rings. The van der Waals surface area contributed by atoms with Gasteiger partial charge in [-0.25, -0.2) is 0 Å². The summed E-state index contributed by atoms with van der Waals surface area (Å²) in [6.45, 7) is 5.75. The number of hydrogen-bond acceptors (Lipinski definition) is 3. The Morgan fingerprint density at radius 1 is 1.27 bits per heavy atom. The van der Waals surface area contributed by atoms with Crippen LogP contribution < -0.4 is 5.32 Å². The lowest BCUT2D eigenvalue weighted by atomic mass is 9.93. The number of likely N-dealkylation sites (tertiary alicyclic amines) is 1. The van der Waals surface area contributed by atoms with Crippen LogP contribution >= 0.6 is 0 Å². The summed E-state index contributed by atoms with van der Waals surface area (Å²) in [6, 6.07) is 8.35. The standard InChI is InChI=1S/C18H26N2O2/c1-14(15-7-11-22-12-8-15)19-17-6-4-5-16(13-17)18(21)20-9-2-3-10-20/h4-6,13-15,19H,2-3,7-12H2,1H3/t14-/m0/s1. The van der Waals surface area contributed by atoms with Crippen LogP contribution in [0.5, 0.6) is 0 Å². The SMILES string of the molecule is C[C@H](Nc1cccc(C(=O)N2CCCC2)c1)C1CCOCC1. The predicted molar refractivity (Wildman–Crippen MR) is 88.2 cm³/mol. The van der Waals surface area contributed by atoms with Gasteiger partial charge in [0.05, 0.1) is 0 Å². The third kappa shape index (κ3) is 3.61. The van der Waals surface area contributed by atoms with Crippen LogP contribution in [0.4, 0.5) is 5.69 Å². The van der Waals surface area contributed by atoms with Crippen LogP contribution in [0, 0.1) is 5.92 Å². The maximum absolute atomic E-state index is 12.5. The maximum Gasteiger partial charge on any atom is 0.253 e. The molecule has 0 radical (unpaired) electrons. The number of carbonyl (C=O) groups excluding carboxylic acids is 1. The Morgan fingerprint density at radius 2 is 2.00 bits per heavy atom. The normalized spacial score (nSPS) is 20.9. The first-order valence-corrected chi connectivity index (χ1v) is 8.47. The average molecular weight is 302 g/mol. The van der Waals surface area contributed by atoms with Gasteiger partial charge in [-0.05, 0) is 56.7 Å². The fourth-order valence-electron chi connectivity index (χ4n) is 3.44.